The molecule has 0 aliphatic carbocycles. The Labute approximate surface area is 174 Å². The second-order valence-corrected chi connectivity index (χ2v) is 6.76. The molecule has 0 saturated heterocycles. The van der Waals surface area contributed by atoms with Crippen molar-refractivity contribution < 1.29 is 23.7 Å². The lowest BCUT2D eigenvalue weighted by Crippen LogP contribution is -2.10. The number of hydrogen-bond donors (Lipinski definition) is 0. The van der Waals surface area contributed by atoms with Gasteiger partial charge in [-0.05, 0) is 36.2 Å². The molecule has 0 fully saturated rings. The Balaban J connectivity index is 1.75. The number of carbonyl (C=O) groups excluding carboxylic acids is 1. The maximum Gasteiger partial charge on any atom is 0.310 e. The Morgan fingerprint density at radius 3 is 2.31 bits per heavy atom. The molecule has 0 spiro atoms. The van der Waals surface area contributed by atoms with Crippen LogP contribution in [0.2, 0.25) is 5.02 Å². The van der Waals surface area contributed by atoms with E-state index >= 15 is 0 Å². The Kier molecular flexibility index (Phi) is 6.44. The SMILES string of the molecule is COc1cc(CC(=O)OCc2nc3ccccc3c(C)c2Cl)cc(OC)c1OC. The van der Waals surface area contributed by atoms with Crippen LogP contribution in [-0.2, 0) is 22.6 Å². The Morgan fingerprint density at radius 2 is 1.69 bits per heavy atom. The van der Waals surface area contributed by atoms with Gasteiger partial charge in [0.05, 0.1) is 44.0 Å². The van der Waals surface area contributed by atoms with Gasteiger partial charge >= 0.3 is 5.97 Å². The molecule has 0 unspecified atom stereocenters. The number of benzene rings is 2. The normalized spacial score (nSPS) is 10.7. The first-order valence-corrected chi connectivity index (χ1v) is 9.34. The third kappa shape index (κ3) is 4.38. The molecule has 2 aromatic carbocycles. The molecule has 0 aliphatic heterocycles. The fourth-order valence-electron chi connectivity index (χ4n) is 3.12. The number of fused-ring (bicyclic) bond motifs is 1. The number of carbonyl (C=O) groups is 1. The summed E-state index contributed by atoms with van der Waals surface area (Å²) in [7, 11) is 4.57. The summed E-state index contributed by atoms with van der Waals surface area (Å²) in [4.78, 5) is 16.9. The van der Waals surface area contributed by atoms with Gasteiger partial charge in [-0.15, -0.1) is 0 Å². The maximum absolute atomic E-state index is 12.4. The van der Waals surface area contributed by atoms with E-state index in [2.05, 4.69) is 4.98 Å². The van der Waals surface area contributed by atoms with Crippen molar-refractivity contribution in [2.75, 3.05) is 21.3 Å². The summed E-state index contributed by atoms with van der Waals surface area (Å²) in [6.07, 6.45) is 0.0426. The minimum absolute atomic E-state index is 0.00619. The lowest BCUT2D eigenvalue weighted by atomic mass is 10.1. The lowest BCUT2D eigenvalue weighted by Gasteiger charge is -2.14. The largest absolute Gasteiger partial charge is 0.493 e. The van der Waals surface area contributed by atoms with Crippen molar-refractivity contribution in [3.8, 4) is 17.2 Å². The zero-order valence-corrected chi connectivity index (χ0v) is 17.5. The van der Waals surface area contributed by atoms with Gasteiger partial charge in [0.2, 0.25) is 5.75 Å². The number of nitrogens with zero attached hydrogens (tertiary/aromatic N) is 1. The van der Waals surface area contributed by atoms with E-state index in [0.717, 1.165) is 16.5 Å². The molecule has 0 radical (unpaired) electrons. The molecule has 6 nitrogen and oxygen atoms in total. The molecular formula is C22H22ClNO5. The van der Waals surface area contributed by atoms with Crippen LogP contribution in [0.25, 0.3) is 10.9 Å². The summed E-state index contributed by atoms with van der Waals surface area (Å²) in [5.41, 5.74) is 2.93. The van der Waals surface area contributed by atoms with Gasteiger partial charge < -0.3 is 18.9 Å². The van der Waals surface area contributed by atoms with E-state index in [-0.39, 0.29) is 13.0 Å². The summed E-state index contributed by atoms with van der Waals surface area (Å²) >= 11 is 6.43. The second kappa shape index (κ2) is 9.01. The van der Waals surface area contributed by atoms with E-state index in [4.69, 9.17) is 30.5 Å². The summed E-state index contributed by atoms with van der Waals surface area (Å²) in [5.74, 6) is 1.01. The minimum atomic E-state index is -0.414. The van der Waals surface area contributed by atoms with Gasteiger partial charge in [0.1, 0.15) is 6.61 Å². The smallest absolute Gasteiger partial charge is 0.310 e. The monoisotopic (exact) mass is 415 g/mol. The number of esters is 1. The Hall–Kier alpha value is -2.99. The Morgan fingerprint density at radius 1 is 1.03 bits per heavy atom. The fourth-order valence-corrected chi connectivity index (χ4v) is 3.32. The molecule has 0 amide bonds. The quantitative estimate of drug-likeness (QED) is 0.529. The summed E-state index contributed by atoms with van der Waals surface area (Å²) in [6, 6.07) is 11.1. The number of hydrogen-bond acceptors (Lipinski definition) is 6. The standard InChI is InChI=1S/C22H22ClNO5/c1-13-15-7-5-6-8-16(15)24-17(21(13)23)12-29-20(25)11-14-9-18(26-2)22(28-4)19(10-14)27-3/h5-10H,11-12H2,1-4H3. The van der Waals surface area contributed by atoms with E-state index in [1.807, 2.05) is 31.2 Å². The third-order valence-corrected chi connectivity index (χ3v) is 5.09. The lowest BCUT2D eigenvalue weighted by molar-refractivity contribution is -0.144. The number of aromatic nitrogens is 1. The molecular weight excluding hydrogens is 394 g/mol. The van der Waals surface area contributed by atoms with Gasteiger partial charge in [-0.3, -0.25) is 4.79 Å². The van der Waals surface area contributed by atoms with Crippen molar-refractivity contribution >= 4 is 28.5 Å². The molecule has 0 bridgehead atoms. The van der Waals surface area contributed by atoms with Crippen molar-refractivity contribution in [1.82, 2.24) is 4.98 Å². The fraction of sp³-hybridized carbons (Fsp3) is 0.273. The van der Waals surface area contributed by atoms with Gasteiger partial charge in [-0.25, -0.2) is 4.98 Å². The van der Waals surface area contributed by atoms with Crippen molar-refractivity contribution in [1.29, 1.82) is 0 Å². The molecule has 0 atom stereocenters. The number of pyridine rings is 1. The number of ether oxygens (including phenoxy) is 4. The highest BCUT2D eigenvalue weighted by Gasteiger charge is 2.17. The van der Waals surface area contributed by atoms with Crippen LogP contribution in [0.5, 0.6) is 17.2 Å². The number of halogens is 1. The third-order valence-electron chi connectivity index (χ3n) is 4.59. The van der Waals surface area contributed by atoms with Crippen LogP contribution < -0.4 is 14.2 Å². The van der Waals surface area contributed by atoms with Crippen LogP contribution in [0.15, 0.2) is 36.4 Å². The molecule has 0 saturated carbocycles. The van der Waals surface area contributed by atoms with Gasteiger partial charge in [0, 0.05) is 5.39 Å². The molecule has 0 aliphatic rings. The first-order chi connectivity index (χ1) is 14.0. The molecule has 3 rings (SSSR count). The molecule has 7 heteroatoms. The highest BCUT2D eigenvalue weighted by molar-refractivity contribution is 6.32. The predicted molar refractivity (Wildman–Crippen MR) is 111 cm³/mol. The van der Waals surface area contributed by atoms with Crippen molar-refractivity contribution in [2.24, 2.45) is 0 Å². The van der Waals surface area contributed by atoms with E-state index in [9.17, 15) is 4.79 Å². The van der Waals surface area contributed by atoms with E-state index in [1.165, 1.54) is 21.3 Å². The van der Waals surface area contributed by atoms with Crippen molar-refractivity contribution in [3.05, 3.63) is 58.2 Å². The van der Waals surface area contributed by atoms with Crippen LogP contribution in [-0.4, -0.2) is 32.3 Å². The van der Waals surface area contributed by atoms with Crippen LogP contribution in [0.1, 0.15) is 16.8 Å². The number of aryl methyl sites for hydroxylation is 1. The van der Waals surface area contributed by atoms with Gasteiger partial charge in [0.15, 0.2) is 11.5 Å². The van der Waals surface area contributed by atoms with E-state index < -0.39 is 5.97 Å². The van der Waals surface area contributed by atoms with Crippen LogP contribution >= 0.6 is 11.6 Å². The molecule has 1 aromatic heterocycles. The Bertz CT molecular complexity index is 1030. The molecule has 0 N–H and O–H groups in total. The first kappa shape index (κ1) is 20.7. The molecule has 29 heavy (non-hydrogen) atoms. The summed E-state index contributed by atoms with van der Waals surface area (Å²) < 4.78 is 21.3. The highest BCUT2D eigenvalue weighted by Crippen LogP contribution is 2.38. The highest BCUT2D eigenvalue weighted by atomic mass is 35.5. The van der Waals surface area contributed by atoms with Crippen molar-refractivity contribution in [2.45, 2.75) is 20.0 Å². The van der Waals surface area contributed by atoms with Gasteiger partial charge in [-0.2, -0.15) is 0 Å². The first-order valence-electron chi connectivity index (χ1n) is 8.96. The average molecular weight is 416 g/mol. The molecule has 3 aromatic rings. The zero-order valence-electron chi connectivity index (χ0n) is 16.7. The van der Waals surface area contributed by atoms with Gasteiger partial charge in [-0.1, -0.05) is 29.8 Å². The van der Waals surface area contributed by atoms with E-state index in [0.29, 0.717) is 33.5 Å². The molecule has 1 heterocycles. The number of methoxy groups -OCH3 is 3. The summed E-state index contributed by atoms with van der Waals surface area (Å²) in [5, 5.41) is 1.48. The predicted octanol–water partition coefficient (Wildman–Crippen LogP) is 4.51. The van der Waals surface area contributed by atoms with Crippen LogP contribution in [0, 0.1) is 6.92 Å². The minimum Gasteiger partial charge on any atom is -0.493 e. The van der Waals surface area contributed by atoms with Crippen LogP contribution in [0.4, 0.5) is 0 Å². The zero-order chi connectivity index (χ0) is 21.0. The van der Waals surface area contributed by atoms with E-state index in [1.54, 1.807) is 12.1 Å². The van der Waals surface area contributed by atoms with Crippen molar-refractivity contribution in [3.63, 3.8) is 0 Å². The van der Waals surface area contributed by atoms with Gasteiger partial charge in [0.25, 0.3) is 0 Å². The average Bonchev–Trinajstić information content (AvgIpc) is 2.74. The topological polar surface area (TPSA) is 66.9 Å². The maximum atomic E-state index is 12.4. The summed E-state index contributed by atoms with van der Waals surface area (Å²) in [6.45, 7) is 1.92. The number of para-hydroxylation sites is 1. The van der Waals surface area contributed by atoms with Crippen LogP contribution in [0.3, 0.4) is 0 Å². The second-order valence-electron chi connectivity index (χ2n) is 6.39. The molecule has 152 valence electrons. The number of rotatable bonds is 7.